The Labute approximate surface area is 96.4 Å². The van der Waals surface area contributed by atoms with Gasteiger partial charge in [0.1, 0.15) is 0 Å². The Bertz CT molecular complexity index is 438. The average molecular weight is 267 g/mol. The van der Waals surface area contributed by atoms with Gasteiger partial charge in [0, 0.05) is 11.0 Å². The second-order valence-electron chi connectivity index (χ2n) is 4.13. The third-order valence-corrected chi connectivity index (χ3v) is 4.02. The van der Waals surface area contributed by atoms with E-state index in [4.69, 9.17) is 0 Å². The molecule has 78 valence electrons. The van der Waals surface area contributed by atoms with E-state index >= 15 is 0 Å². The molecule has 0 bridgehead atoms. The van der Waals surface area contributed by atoms with Crippen LogP contribution in [-0.2, 0) is 10.2 Å². The molecule has 4 heteroatoms. The van der Waals surface area contributed by atoms with Crippen LogP contribution in [0.3, 0.4) is 0 Å². The average Bonchev–Trinajstić information content (AvgIpc) is 2.79. The fourth-order valence-electron chi connectivity index (χ4n) is 2.52. The van der Waals surface area contributed by atoms with E-state index in [1.54, 1.807) is 0 Å². The summed E-state index contributed by atoms with van der Waals surface area (Å²) < 4.78 is 0.970. The maximum Gasteiger partial charge on any atom is 0.236 e. The van der Waals surface area contributed by atoms with Gasteiger partial charge in [0.05, 0.1) is 11.1 Å². The number of rotatable bonds is 0. The highest BCUT2D eigenvalue weighted by Crippen LogP contribution is 2.44. The van der Waals surface area contributed by atoms with Crippen molar-refractivity contribution in [3.8, 4) is 0 Å². The van der Waals surface area contributed by atoms with Crippen LogP contribution in [0.4, 0.5) is 5.69 Å². The van der Waals surface area contributed by atoms with E-state index in [-0.39, 0.29) is 11.3 Å². The van der Waals surface area contributed by atoms with E-state index in [0.29, 0.717) is 0 Å². The van der Waals surface area contributed by atoms with Gasteiger partial charge in [-0.15, -0.1) is 0 Å². The van der Waals surface area contributed by atoms with E-state index < -0.39 is 0 Å². The summed E-state index contributed by atoms with van der Waals surface area (Å²) in [6, 6.07) is 5.99. The molecule has 15 heavy (non-hydrogen) atoms. The second kappa shape index (κ2) is 3.06. The van der Waals surface area contributed by atoms with Crippen LogP contribution in [0.15, 0.2) is 22.7 Å². The number of anilines is 1. The van der Waals surface area contributed by atoms with Crippen LogP contribution in [0.1, 0.15) is 12.0 Å². The summed E-state index contributed by atoms with van der Waals surface area (Å²) in [5, 5.41) is 6.24. The number of para-hydroxylation sites is 1. The smallest absolute Gasteiger partial charge is 0.236 e. The van der Waals surface area contributed by atoms with E-state index in [1.807, 2.05) is 18.2 Å². The van der Waals surface area contributed by atoms with Crippen molar-refractivity contribution in [1.29, 1.82) is 0 Å². The quantitative estimate of drug-likeness (QED) is 0.750. The highest BCUT2D eigenvalue weighted by molar-refractivity contribution is 9.10. The van der Waals surface area contributed by atoms with Crippen molar-refractivity contribution in [3.63, 3.8) is 0 Å². The molecule has 1 fully saturated rings. The first kappa shape index (κ1) is 9.36. The van der Waals surface area contributed by atoms with Gasteiger partial charge in [-0.2, -0.15) is 0 Å². The lowest BCUT2D eigenvalue weighted by atomic mass is 9.81. The Morgan fingerprint density at radius 1 is 1.40 bits per heavy atom. The number of carbonyl (C=O) groups is 1. The molecule has 1 aromatic carbocycles. The summed E-state index contributed by atoms with van der Waals surface area (Å²) in [5.74, 6) is 0.134. The van der Waals surface area contributed by atoms with Gasteiger partial charge in [0.25, 0.3) is 0 Å². The number of nitrogens with one attached hydrogen (secondary N) is 2. The molecule has 1 aromatic rings. The Morgan fingerprint density at radius 3 is 3.00 bits per heavy atom. The predicted octanol–water partition coefficient (Wildman–Crippen LogP) is 1.63. The molecule has 1 spiro atoms. The molecule has 1 atom stereocenters. The predicted molar refractivity (Wildman–Crippen MR) is 61.9 cm³/mol. The molecule has 1 amide bonds. The summed E-state index contributed by atoms with van der Waals surface area (Å²) in [7, 11) is 0. The number of fused-ring (bicyclic) bond motifs is 2. The molecule has 2 aliphatic heterocycles. The number of halogens is 1. The third-order valence-electron chi connectivity index (χ3n) is 3.36. The van der Waals surface area contributed by atoms with Crippen molar-refractivity contribution >= 4 is 27.5 Å². The number of carbonyl (C=O) groups excluding carboxylic acids is 1. The molecule has 3 rings (SSSR count). The molecule has 1 saturated heterocycles. The van der Waals surface area contributed by atoms with Gasteiger partial charge in [0.2, 0.25) is 5.91 Å². The molecule has 0 aliphatic carbocycles. The van der Waals surface area contributed by atoms with Gasteiger partial charge < -0.3 is 10.6 Å². The standard InChI is InChI=1S/C11H11BrN2O/c12-8-3-1-2-7-9(8)14-10(15)11(7)4-5-13-6-11/h1-3,13H,4-6H2,(H,14,15)/t11-/m1/s1. The van der Waals surface area contributed by atoms with E-state index in [0.717, 1.165) is 35.2 Å². The first-order valence-electron chi connectivity index (χ1n) is 5.05. The monoisotopic (exact) mass is 266 g/mol. The zero-order valence-corrected chi connectivity index (χ0v) is 9.73. The number of hydrogen-bond acceptors (Lipinski definition) is 2. The fourth-order valence-corrected chi connectivity index (χ4v) is 2.99. The van der Waals surface area contributed by atoms with E-state index in [9.17, 15) is 4.79 Å². The van der Waals surface area contributed by atoms with Crippen molar-refractivity contribution in [3.05, 3.63) is 28.2 Å². The van der Waals surface area contributed by atoms with Crippen molar-refractivity contribution in [2.24, 2.45) is 0 Å². The molecule has 2 heterocycles. The molecule has 0 aromatic heterocycles. The molecule has 0 radical (unpaired) electrons. The first-order valence-corrected chi connectivity index (χ1v) is 5.84. The summed E-state index contributed by atoms with van der Waals surface area (Å²) in [4.78, 5) is 12.0. The second-order valence-corrected chi connectivity index (χ2v) is 4.98. The fraction of sp³-hybridized carbons (Fsp3) is 0.364. The maximum absolute atomic E-state index is 12.0. The van der Waals surface area contributed by atoms with Crippen LogP contribution in [0.5, 0.6) is 0 Å². The Kier molecular flexibility index (Phi) is 1.91. The summed E-state index contributed by atoms with van der Waals surface area (Å²) in [5.41, 5.74) is 1.76. The van der Waals surface area contributed by atoms with Gasteiger partial charge in [-0.25, -0.2) is 0 Å². The number of hydrogen-bond donors (Lipinski definition) is 2. The Hall–Kier alpha value is -0.870. The van der Waals surface area contributed by atoms with Gasteiger partial charge in [0.15, 0.2) is 0 Å². The SMILES string of the molecule is O=C1Nc2c(Br)cccc2[C@]12CCNC2. The van der Waals surface area contributed by atoms with Crippen LogP contribution in [0.25, 0.3) is 0 Å². The highest BCUT2D eigenvalue weighted by Gasteiger charge is 2.48. The normalized spacial score (nSPS) is 28.2. The van der Waals surface area contributed by atoms with Crippen LogP contribution in [0.2, 0.25) is 0 Å². The van der Waals surface area contributed by atoms with E-state index in [2.05, 4.69) is 26.6 Å². The molecular weight excluding hydrogens is 256 g/mol. The molecule has 0 saturated carbocycles. The highest BCUT2D eigenvalue weighted by atomic mass is 79.9. The largest absolute Gasteiger partial charge is 0.324 e. The summed E-state index contributed by atoms with van der Waals surface area (Å²) in [6.07, 6.45) is 0.891. The maximum atomic E-state index is 12.0. The lowest BCUT2D eigenvalue weighted by molar-refractivity contribution is -0.120. The lowest BCUT2D eigenvalue weighted by Gasteiger charge is -2.19. The number of amides is 1. The molecule has 3 nitrogen and oxygen atoms in total. The van der Waals surface area contributed by atoms with E-state index in [1.165, 1.54) is 0 Å². The Balaban J connectivity index is 2.21. The van der Waals surface area contributed by atoms with Gasteiger partial charge in [-0.1, -0.05) is 12.1 Å². The zero-order chi connectivity index (χ0) is 10.5. The molecule has 2 N–H and O–H groups in total. The minimum Gasteiger partial charge on any atom is -0.324 e. The van der Waals surface area contributed by atoms with Crippen molar-refractivity contribution in [2.75, 3.05) is 18.4 Å². The minimum absolute atomic E-state index is 0.134. The van der Waals surface area contributed by atoms with Gasteiger partial charge >= 0.3 is 0 Å². The van der Waals surface area contributed by atoms with Gasteiger partial charge in [-0.05, 0) is 40.5 Å². The molecular formula is C11H11BrN2O. The van der Waals surface area contributed by atoms with Crippen LogP contribution in [-0.4, -0.2) is 19.0 Å². The van der Waals surface area contributed by atoms with Crippen molar-refractivity contribution in [2.45, 2.75) is 11.8 Å². The molecule has 0 unspecified atom stereocenters. The van der Waals surface area contributed by atoms with Crippen LogP contribution >= 0.6 is 15.9 Å². The van der Waals surface area contributed by atoms with Crippen LogP contribution in [0, 0.1) is 0 Å². The van der Waals surface area contributed by atoms with Crippen LogP contribution < -0.4 is 10.6 Å². The first-order chi connectivity index (χ1) is 7.24. The van der Waals surface area contributed by atoms with Gasteiger partial charge in [-0.3, -0.25) is 4.79 Å². The third kappa shape index (κ3) is 1.12. The zero-order valence-electron chi connectivity index (χ0n) is 8.14. The summed E-state index contributed by atoms with van der Waals surface area (Å²) in [6.45, 7) is 1.67. The Morgan fingerprint density at radius 2 is 2.27 bits per heavy atom. The topological polar surface area (TPSA) is 41.1 Å². The summed E-state index contributed by atoms with van der Waals surface area (Å²) >= 11 is 3.47. The molecule has 2 aliphatic rings. The van der Waals surface area contributed by atoms with Crippen molar-refractivity contribution < 1.29 is 4.79 Å². The minimum atomic E-state index is -0.320. The van der Waals surface area contributed by atoms with Crippen molar-refractivity contribution in [1.82, 2.24) is 5.32 Å². The number of benzene rings is 1. The lowest BCUT2D eigenvalue weighted by Crippen LogP contribution is -2.36.